The van der Waals surface area contributed by atoms with Gasteiger partial charge in [-0.05, 0) is 44.6 Å². The molecule has 23 heavy (non-hydrogen) atoms. The van der Waals surface area contributed by atoms with Crippen LogP contribution in [0.2, 0.25) is 0 Å². The topological polar surface area (TPSA) is 3.24 Å². The largest absolute Gasteiger partial charge is 0.300 e. The highest BCUT2D eigenvalue weighted by Gasteiger charge is 2.27. The molecule has 1 fully saturated rings. The van der Waals surface area contributed by atoms with Crippen molar-refractivity contribution in [1.29, 1.82) is 0 Å². The summed E-state index contributed by atoms with van der Waals surface area (Å²) in [6, 6.07) is 0.888. The van der Waals surface area contributed by atoms with Crippen molar-refractivity contribution in [3.8, 4) is 0 Å². The van der Waals surface area contributed by atoms with Crippen LogP contribution >= 0.6 is 0 Å². The maximum atomic E-state index is 2.89. The third-order valence-electron chi connectivity index (χ3n) is 5.50. The first-order valence-corrected chi connectivity index (χ1v) is 11.1. The summed E-state index contributed by atoms with van der Waals surface area (Å²) in [4.78, 5) is 2.89. The molecule has 0 unspecified atom stereocenters. The molecular weight excluding hydrogens is 278 g/mol. The molecule has 0 aromatic carbocycles. The van der Waals surface area contributed by atoms with E-state index in [-0.39, 0.29) is 0 Å². The lowest BCUT2D eigenvalue weighted by Crippen LogP contribution is -2.37. The SMILES string of the molecule is CCCCCCCC(CCCCCCC)N(CCC)CC1CC1. The highest BCUT2D eigenvalue weighted by molar-refractivity contribution is 4.81. The summed E-state index contributed by atoms with van der Waals surface area (Å²) in [5.41, 5.74) is 0. The van der Waals surface area contributed by atoms with Crippen molar-refractivity contribution >= 4 is 0 Å². The van der Waals surface area contributed by atoms with Crippen molar-refractivity contribution in [3.05, 3.63) is 0 Å². The Balaban J connectivity index is 2.33. The summed E-state index contributed by atoms with van der Waals surface area (Å²) < 4.78 is 0. The Hall–Kier alpha value is -0.0400. The summed E-state index contributed by atoms with van der Waals surface area (Å²) in [5.74, 6) is 1.05. The van der Waals surface area contributed by atoms with Crippen LogP contribution in [-0.4, -0.2) is 24.0 Å². The fourth-order valence-electron chi connectivity index (χ4n) is 3.82. The van der Waals surface area contributed by atoms with E-state index < -0.39 is 0 Å². The lowest BCUT2D eigenvalue weighted by atomic mass is 9.98. The molecule has 1 saturated carbocycles. The maximum Gasteiger partial charge on any atom is 0.00953 e. The normalized spacial score (nSPS) is 15.0. The van der Waals surface area contributed by atoms with Gasteiger partial charge in [0.05, 0.1) is 0 Å². The van der Waals surface area contributed by atoms with E-state index in [9.17, 15) is 0 Å². The summed E-state index contributed by atoms with van der Waals surface area (Å²) in [5, 5.41) is 0. The van der Waals surface area contributed by atoms with Crippen LogP contribution in [0.5, 0.6) is 0 Å². The third kappa shape index (κ3) is 11.2. The molecule has 0 aliphatic heterocycles. The van der Waals surface area contributed by atoms with Crippen molar-refractivity contribution in [2.75, 3.05) is 13.1 Å². The lowest BCUT2D eigenvalue weighted by Gasteiger charge is -2.32. The third-order valence-corrected chi connectivity index (χ3v) is 5.50. The zero-order valence-corrected chi connectivity index (χ0v) is 16.6. The van der Waals surface area contributed by atoms with Crippen molar-refractivity contribution in [1.82, 2.24) is 4.90 Å². The highest BCUT2D eigenvalue weighted by Crippen LogP contribution is 2.31. The molecule has 0 radical (unpaired) electrons. The Labute approximate surface area is 147 Å². The van der Waals surface area contributed by atoms with Crippen LogP contribution in [0, 0.1) is 5.92 Å². The molecule has 0 aromatic heterocycles. The molecule has 1 nitrogen and oxygen atoms in total. The molecule has 0 spiro atoms. The van der Waals surface area contributed by atoms with Gasteiger partial charge >= 0.3 is 0 Å². The molecule has 138 valence electrons. The average molecular weight is 324 g/mol. The van der Waals surface area contributed by atoms with Crippen LogP contribution in [0.4, 0.5) is 0 Å². The Morgan fingerprint density at radius 1 is 0.696 bits per heavy atom. The quantitative estimate of drug-likeness (QED) is 0.256. The monoisotopic (exact) mass is 323 g/mol. The molecule has 1 aliphatic rings. The molecule has 0 amide bonds. The zero-order valence-electron chi connectivity index (χ0n) is 16.6. The second-order valence-electron chi connectivity index (χ2n) is 8.00. The van der Waals surface area contributed by atoms with Crippen LogP contribution < -0.4 is 0 Å². The van der Waals surface area contributed by atoms with Gasteiger partial charge in [-0.25, -0.2) is 0 Å². The molecule has 0 aromatic rings. The summed E-state index contributed by atoms with van der Waals surface area (Å²) in [6.07, 6.45) is 21.6. The minimum atomic E-state index is 0.888. The van der Waals surface area contributed by atoms with E-state index in [0.717, 1.165) is 12.0 Å². The Kier molecular flexibility index (Phi) is 13.1. The van der Waals surface area contributed by atoms with Gasteiger partial charge < -0.3 is 4.90 Å². The Morgan fingerprint density at radius 3 is 1.65 bits per heavy atom. The van der Waals surface area contributed by atoms with Crippen molar-refractivity contribution < 1.29 is 0 Å². The van der Waals surface area contributed by atoms with Gasteiger partial charge in [-0.1, -0.05) is 85.0 Å². The van der Waals surface area contributed by atoms with Gasteiger partial charge in [-0.15, -0.1) is 0 Å². The van der Waals surface area contributed by atoms with Gasteiger partial charge in [0.25, 0.3) is 0 Å². The van der Waals surface area contributed by atoms with E-state index >= 15 is 0 Å². The number of nitrogens with zero attached hydrogens (tertiary/aromatic N) is 1. The Morgan fingerprint density at radius 2 is 1.22 bits per heavy atom. The number of rotatable bonds is 17. The summed E-state index contributed by atoms with van der Waals surface area (Å²) in [6.45, 7) is 9.74. The van der Waals surface area contributed by atoms with Gasteiger partial charge in [-0.2, -0.15) is 0 Å². The van der Waals surface area contributed by atoms with Crippen molar-refractivity contribution in [3.63, 3.8) is 0 Å². The number of hydrogen-bond acceptors (Lipinski definition) is 1. The fraction of sp³-hybridized carbons (Fsp3) is 1.00. The molecule has 0 saturated heterocycles. The van der Waals surface area contributed by atoms with Gasteiger partial charge in [0, 0.05) is 12.6 Å². The molecule has 1 rings (SSSR count). The van der Waals surface area contributed by atoms with Gasteiger partial charge in [0.1, 0.15) is 0 Å². The molecule has 1 heteroatoms. The highest BCUT2D eigenvalue weighted by atomic mass is 15.2. The van der Waals surface area contributed by atoms with Gasteiger partial charge in [0.2, 0.25) is 0 Å². The lowest BCUT2D eigenvalue weighted by molar-refractivity contribution is 0.163. The van der Waals surface area contributed by atoms with Gasteiger partial charge in [-0.3, -0.25) is 0 Å². The first kappa shape index (κ1) is 21.0. The van der Waals surface area contributed by atoms with Crippen LogP contribution in [0.3, 0.4) is 0 Å². The molecular formula is C22H45N. The summed E-state index contributed by atoms with van der Waals surface area (Å²) >= 11 is 0. The Bertz CT molecular complexity index is 232. The predicted molar refractivity (Wildman–Crippen MR) is 105 cm³/mol. The van der Waals surface area contributed by atoms with Crippen LogP contribution in [0.15, 0.2) is 0 Å². The predicted octanol–water partition coefficient (Wildman–Crippen LogP) is 7.20. The minimum Gasteiger partial charge on any atom is -0.300 e. The first-order valence-electron chi connectivity index (χ1n) is 11.1. The van der Waals surface area contributed by atoms with Crippen LogP contribution in [0.1, 0.15) is 117 Å². The number of hydrogen-bond donors (Lipinski definition) is 0. The second-order valence-corrected chi connectivity index (χ2v) is 8.00. The van der Waals surface area contributed by atoms with Gasteiger partial charge in [0.15, 0.2) is 0 Å². The first-order chi connectivity index (χ1) is 11.3. The maximum absolute atomic E-state index is 2.89. The molecule has 0 atom stereocenters. The van der Waals surface area contributed by atoms with Crippen LogP contribution in [0.25, 0.3) is 0 Å². The van der Waals surface area contributed by atoms with E-state index in [4.69, 9.17) is 0 Å². The molecule has 0 bridgehead atoms. The van der Waals surface area contributed by atoms with E-state index in [1.807, 2.05) is 0 Å². The summed E-state index contributed by atoms with van der Waals surface area (Å²) in [7, 11) is 0. The van der Waals surface area contributed by atoms with Crippen molar-refractivity contribution in [2.24, 2.45) is 5.92 Å². The fourth-order valence-corrected chi connectivity index (χ4v) is 3.82. The standard InChI is InChI=1S/C22H45N/c1-4-7-9-11-13-15-22(16-14-12-10-8-5-2)23(19-6-3)20-21-17-18-21/h21-22H,4-20H2,1-3H3. The van der Waals surface area contributed by atoms with E-state index in [2.05, 4.69) is 25.7 Å². The smallest absolute Gasteiger partial charge is 0.00953 e. The molecule has 1 aliphatic carbocycles. The van der Waals surface area contributed by atoms with Crippen molar-refractivity contribution in [2.45, 2.75) is 123 Å². The second kappa shape index (κ2) is 14.3. The minimum absolute atomic E-state index is 0.888. The van der Waals surface area contributed by atoms with E-state index in [1.54, 1.807) is 0 Å². The van der Waals surface area contributed by atoms with E-state index in [0.29, 0.717) is 0 Å². The number of unbranched alkanes of at least 4 members (excludes halogenated alkanes) is 8. The van der Waals surface area contributed by atoms with Crippen LogP contribution in [-0.2, 0) is 0 Å². The molecule has 0 N–H and O–H groups in total. The van der Waals surface area contributed by atoms with E-state index in [1.165, 1.54) is 109 Å². The zero-order chi connectivity index (χ0) is 16.8. The molecule has 0 heterocycles. The average Bonchev–Trinajstić information content (AvgIpc) is 3.36.